The van der Waals surface area contributed by atoms with Crippen LogP contribution in [0.3, 0.4) is 0 Å². The Labute approximate surface area is 180 Å². The zero-order valence-electron chi connectivity index (χ0n) is 17.0. The van der Waals surface area contributed by atoms with Crippen molar-refractivity contribution in [2.75, 3.05) is 26.5 Å². The van der Waals surface area contributed by atoms with Gasteiger partial charge in [0, 0.05) is 32.2 Å². The van der Waals surface area contributed by atoms with E-state index in [0.717, 1.165) is 47.3 Å². The van der Waals surface area contributed by atoms with Crippen molar-refractivity contribution in [1.82, 2.24) is 9.88 Å². The zero-order valence-corrected chi connectivity index (χ0v) is 18.6. The van der Waals surface area contributed by atoms with Gasteiger partial charge in [0.1, 0.15) is 6.10 Å². The van der Waals surface area contributed by atoms with Gasteiger partial charge in [0.2, 0.25) is 0 Å². The number of hydrogen-bond acceptors (Lipinski definition) is 7. The Bertz CT molecular complexity index is 1160. The number of aromatic nitrogens is 1. The molecule has 0 bridgehead atoms. The van der Waals surface area contributed by atoms with Crippen LogP contribution in [-0.4, -0.2) is 50.9 Å². The Morgan fingerprint density at radius 1 is 1.13 bits per heavy atom. The van der Waals surface area contributed by atoms with Gasteiger partial charge in [-0.25, -0.2) is 13.4 Å². The minimum absolute atomic E-state index is 0.134. The van der Waals surface area contributed by atoms with E-state index in [1.807, 2.05) is 24.3 Å². The van der Waals surface area contributed by atoms with Gasteiger partial charge < -0.3 is 14.4 Å². The van der Waals surface area contributed by atoms with Crippen LogP contribution >= 0.6 is 11.3 Å². The Morgan fingerprint density at radius 3 is 2.43 bits per heavy atom. The van der Waals surface area contributed by atoms with E-state index in [2.05, 4.69) is 22.5 Å². The molecular formula is C22H24N2O4S2. The van der Waals surface area contributed by atoms with E-state index >= 15 is 0 Å². The second-order valence-corrected chi connectivity index (χ2v) is 10.4. The summed E-state index contributed by atoms with van der Waals surface area (Å²) in [7, 11) is -1.56. The molecule has 2 heterocycles. The number of rotatable bonds is 6. The van der Waals surface area contributed by atoms with Gasteiger partial charge in [-0.2, -0.15) is 0 Å². The van der Waals surface area contributed by atoms with Gasteiger partial charge in [0.15, 0.2) is 15.7 Å². The van der Waals surface area contributed by atoms with Crippen LogP contribution < -0.4 is 4.74 Å². The summed E-state index contributed by atoms with van der Waals surface area (Å²) in [5.41, 5.74) is 2.88. The number of sulfone groups is 1. The molecular weight excluding hydrogens is 420 g/mol. The third kappa shape index (κ3) is 4.44. The number of ether oxygens (including phenoxy) is 2. The second kappa shape index (κ2) is 8.28. The van der Waals surface area contributed by atoms with Crippen LogP contribution in [0.5, 0.6) is 5.19 Å². The van der Waals surface area contributed by atoms with Crippen LogP contribution in [0.1, 0.15) is 12.8 Å². The molecule has 0 aliphatic carbocycles. The lowest BCUT2D eigenvalue weighted by molar-refractivity contribution is 0.0768. The molecule has 1 fully saturated rings. The van der Waals surface area contributed by atoms with E-state index in [0.29, 0.717) is 16.0 Å². The third-order valence-corrected chi connectivity index (χ3v) is 7.32. The highest BCUT2D eigenvalue weighted by atomic mass is 32.2. The van der Waals surface area contributed by atoms with E-state index in [1.54, 1.807) is 19.2 Å². The van der Waals surface area contributed by atoms with E-state index in [9.17, 15) is 8.42 Å². The molecule has 1 saturated heterocycles. The van der Waals surface area contributed by atoms with Crippen LogP contribution in [0.4, 0.5) is 0 Å². The average molecular weight is 445 g/mol. The molecule has 8 heteroatoms. The van der Waals surface area contributed by atoms with Gasteiger partial charge >= 0.3 is 0 Å². The summed E-state index contributed by atoms with van der Waals surface area (Å²) in [5.74, 6) is 0.700. The minimum atomic E-state index is -3.20. The summed E-state index contributed by atoms with van der Waals surface area (Å²) in [4.78, 5) is 7.06. The molecule has 0 atom stereocenters. The van der Waals surface area contributed by atoms with Gasteiger partial charge in [-0.3, -0.25) is 0 Å². The molecule has 6 nitrogen and oxygen atoms in total. The zero-order chi connectivity index (χ0) is 21.3. The van der Waals surface area contributed by atoms with Gasteiger partial charge in [-0.15, -0.1) is 0 Å². The standard InChI is InChI=1S/C22H24N2O4S2/c1-15(27-2)24-12-10-18(11-13-24)28-22-23-20-9-6-17(14-21(20)29-22)16-4-7-19(8-5-16)30(3,25)26/h4-9,14,18H,1,10-13H2,2-3H3. The Hall–Kier alpha value is -2.58. The minimum Gasteiger partial charge on any atom is -0.483 e. The summed E-state index contributed by atoms with van der Waals surface area (Å²) in [6.07, 6.45) is 3.14. The first kappa shape index (κ1) is 20.7. The number of piperidine rings is 1. The van der Waals surface area contributed by atoms with E-state index in [4.69, 9.17) is 9.47 Å². The fourth-order valence-corrected chi connectivity index (χ4v) is 5.07. The van der Waals surface area contributed by atoms with Gasteiger partial charge in [-0.1, -0.05) is 29.5 Å². The van der Waals surface area contributed by atoms with Crippen LogP contribution in [0.15, 0.2) is 59.8 Å². The van der Waals surface area contributed by atoms with Gasteiger partial charge in [0.05, 0.1) is 22.2 Å². The molecule has 0 saturated carbocycles. The fourth-order valence-electron chi connectivity index (χ4n) is 3.52. The van der Waals surface area contributed by atoms with Crippen molar-refractivity contribution in [3.63, 3.8) is 0 Å². The predicted octanol–water partition coefficient (Wildman–Crippen LogP) is 4.33. The largest absolute Gasteiger partial charge is 0.483 e. The molecule has 0 unspecified atom stereocenters. The highest BCUT2D eigenvalue weighted by molar-refractivity contribution is 7.90. The molecule has 0 radical (unpaired) electrons. The first-order valence-electron chi connectivity index (χ1n) is 9.69. The smallest absolute Gasteiger partial charge is 0.274 e. The van der Waals surface area contributed by atoms with Crippen molar-refractivity contribution in [2.24, 2.45) is 0 Å². The molecule has 1 aliphatic heterocycles. The lowest BCUT2D eigenvalue weighted by atomic mass is 10.1. The molecule has 1 aliphatic rings. The van der Waals surface area contributed by atoms with E-state index in [1.165, 1.54) is 17.6 Å². The SMILES string of the molecule is C=C(OC)N1CCC(Oc2nc3ccc(-c4ccc(S(C)(=O)=O)cc4)cc3s2)CC1. The maximum Gasteiger partial charge on any atom is 0.274 e. The lowest BCUT2D eigenvalue weighted by Gasteiger charge is -2.33. The topological polar surface area (TPSA) is 68.7 Å². The molecule has 0 amide bonds. The van der Waals surface area contributed by atoms with Gasteiger partial charge in [0.25, 0.3) is 5.19 Å². The van der Waals surface area contributed by atoms with Crippen molar-refractivity contribution in [3.8, 4) is 16.3 Å². The van der Waals surface area contributed by atoms with Crippen LogP contribution in [0.25, 0.3) is 21.3 Å². The van der Waals surface area contributed by atoms with E-state index in [-0.39, 0.29) is 6.10 Å². The number of benzene rings is 2. The van der Waals surface area contributed by atoms with Crippen LogP contribution in [0, 0.1) is 0 Å². The summed E-state index contributed by atoms with van der Waals surface area (Å²) in [6, 6.07) is 13.0. The maximum absolute atomic E-state index is 11.7. The second-order valence-electron chi connectivity index (χ2n) is 7.36. The first-order chi connectivity index (χ1) is 14.3. The van der Waals surface area contributed by atoms with Crippen molar-refractivity contribution in [2.45, 2.75) is 23.8 Å². The number of nitrogens with zero attached hydrogens (tertiary/aromatic N) is 2. The number of likely N-dealkylation sites (tertiary alicyclic amines) is 1. The quantitative estimate of drug-likeness (QED) is 0.527. The predicted molar refractivity (Wildman–Crippen MR) is 120 cm³/mol. The number of fused-ring (bicyclic) bond motifs is 1. The molecule has 3 aromatic rings. The summed E-state index contributed by atoms with van der Waals surface area (Å²) in [6.45, 7) is 5.62. The van der Waals surface area contributed by atoms with E-state index < -0.39 is 9.84 Å². The van der Waals surface area contributed by atoms with Crippen molar-refractivity contribution in [3.05, 3.63) is 54.9 Å². The summed E-state index contributed by atoms with van der Waals surface area (Å²) >= 11 is 1.53. The molecule has 2 aromatic carbocycles. The Morgan fingerprint density at radius 2 is 1.80 bits per heavy atom. The maximum atomic E-state index is 11.7. The lowest BCUT2D eigenvalue weighted by Crippen LogP contribution is -2.37. The average Bonchev–Trinajstić information content (AvgIpc) is 3.14. The number of thiazole rings is 1. The van der Waals surface area contributed by atoms with Crippen LogP contribution in [0.2, 0.25) is 0 Å². The molecule has 1 aromatic heterocycles. The third-order valence-electron chi connectivity index (χ3n) is 5.28. The van der Waals surface area contributed by atoms with Gasteiger partial charge in [-0.05, 0) is 42.0 Å². The fraction of sp³-hybridized carbons (Fsp3) is 0.318. The molecule has 0 N–H and O–H groups in total. The molecule has 30 heavy (non-hydrogen) atoms. The summed E-state index contributed by atoms with van der Waals surface area (Å²) < 4.78 is 35.7. The van der Waals surface area contributed by atoms with Crippen LogP contribution in [-0.2, 0) is 14.6 Å². The summed E-state index contributed by atoms with van der Waals surface area (Å²) in [5, 5.41) is 0.679. The van der Waals surface area contributed by atoms with Crippen molar-refractivity contribution >= 4 is 31.4 Å². The highest BCUT2D eigenvalue weighted by Crippen LogP contribution is 2.33. The molecule has 4 rings (SSSR count). The van der Waals surface area contributed by atoms with Crippen molar-refractivity contribution in [1.29, 1.82) is 0 Å². The first-order valence-corrected chi connectivity index (χ1v) is 12.4. The monoisotopic (exact) mass is 444 g/mol. The highest BCUT2D eigenvalue weighted by Gasteiger charge is 2.22. The number of hydrogen-bond donors (Lipinski definition) is 0. The number of methoxy groups -OCH3 is 1. The molecule has 0 spiro atoms. The Kier molecular flexibility index (Phi) is 5.71. The van der Waals surface area contributed by atoms with Crippen molar-refractivity contribution < 1.29 is 17.9 Å². The molecule has 158 valence electrons. The normalized spacial score (nSPS) is 15.3. The Balaban J connectivity index is 1.47.